The molecule has 1 atom stereocenters. The average Bonchev–Trinajstić information content (AvgIpc) is 2.56. The Balaban J connectivity index is 2.19. The smallest absolute Gasteiger partial charge is 0.236 e. The first-order valence-corrected chi connectivity index (χ1v) is 9.81. The van der Waals surface area contributed by atoms with E-state index in [1.165, 1.54) is 11.8 Å². The van der Waals surface area contributed by atoms with Crippen LogP contribution >= 0.6 is 11.8 Å². The van der Waals surface area contributed by atoms with Gasteiger partial charge in [-0.2, -0.15) is 0 Å². The van der Waals surface area contributed by atoms with Gasteiger partial charge in [0.25, 0.3) is 0 Å². The predicted octanol–water partition coefficient (Wildman–Crippen LogP) is 4.71. The molecule has 1 heterocycles. The summed E-state index contributed by atoms with van der Waals surface area (Å²) in [6, 6.07) is 10.1. The minimum Gasteiger partial charge on any atom is -0.333 e. The van der Waals surface area contributed by atoms with Crippen LogP contribution in [0.4, 0.5) is 0 Å². The lowest BCUT2D eigenvalue weighted by atomic mass is 10.0. The van der Waals surface area contributed by atoms with Gasteiger partial charge in [-0.15, -0.1) is 0 Å². The number of aromatic nitrogens is 2. The van der Waals surface area contributed by atoms with Gasteiger partial charge in [0.05, 0.1) is 5.25 Å². The lowest BCUT2D eigenvalue weighted by Gasteiger charge is -2.37. The number of amides is 1. The number of thioether (sulfide) groups is 1. The third-order valence-corrected chi connectivity index (χ3v) is 5.45. The van der Waals surface area contributed by atoms with Crippen LogP contribution in [0.15, 0.2) is 35.5 Å². The van der Waals surface area contributed by atoms with Crippen molar-refractivity contribution in [3.8, 4) is 0 Å². The molecule has 1 aromatic carbocycles. The summed E-state index contributed by atoms with van der Waals surface area (Å²) >= 11 is 1.43. The second kappa shape index (κ2) is 8.21. The number of nitrogens with zero attached hydrogens (tertiary/aromatic N) is 3. The predicted molar refractivity (Wildman–Crippen MR) is 108 cm³/mol. The van der Waals surface area contributed by atoms with E-state index in [0.717, 1.165) is 22.5 Å². The number of benzene rings is 1. The monoisotopic (exact) mass is 371 g/mol. The fraction of sp³-hybridized carbons (Fsp3) is 0.476. The molecule has 0 unspecified atom stereocenters. The molecule has 0 saturated carbocycles. The van der Waals surface area contributed by atoms with E-state index in [2.05, 4.69) is 42.9 Å². The van der Waals surface area contributed by atoms with Crippen molar-refractivity contribution in [3.63, 3.8) is 0 Å². The third-order valence-electron chi connectivity index (χ3n) is 4.50. The highest BCUT2D eigenvalue weighted by atomic mass is 32.2. The van der Waals surface area contributed by atoms with Gasteiger partial charge in [-0.05, 0) is 59.6 Å². The highest BCUT2D eigenvalue weighted by molar-refractivity contribution is 8.00. The average molecular weight is 372 g/mol. The Morgan fingerprint density at radius 1 is 1.08 bits per heavy atom. The molecule has 0 aliphatic rings. The van der Waals surface area contributed by atoms with Crippen LogP contribution < -0.4 is 0 Å². The molecule has 1 amide bonds. The van der Waals surface area contributed by atoms with E-state index in [9.17, 15) is 4.79 Å². The highest BCUT2D eigenvalue weighted by Crippen LogP contribution is 2.27. The van der Waals surface area contributed by atoms with Crippen LogP contribution in [0.5, 0.6) is 0 Å². The van der Waals surface area contributed by atoms with Crippen LogP contribution in [0, 0.1) is 20.8 Å². The molecule has 0 radical (unpaired) electrons. The molecular formula is C21H29N3OS. The summed E-state index contributed by atoms with van der Waals surface area (Å²) < 4.78 is 0. The molecule has 0 spiro atoms. The maximum absolute atomic E-state index is 13.2. The SMILES string of the molecule is Cc1nc(S[C@@H](C)C(=O)N(Cc2ccccc2)C(C)(C)C)nc(C)c1C. The first kappa shape index (κ1) is 20.4. The Hall–Kier alpha value is -1.88. The van der Waals surface area contributed by atoms with Gasteiger partial charge in [0, 0.05) is 23.5 Å². The summed E-state index contributed by atoms with van der Waals surface area (Å²) in [6.07, 6.45) is 0. The van der Waals surface area contributed by atoms with E-state index in [4.69, 9.17) is 0 Å². The topological polar surface area (TPSA) is 46.1 Å². The third kappa shape index (κ3) is 5.07. The minimum atomic E-state index is -0.262. The van der Waals surface area contributed by atoms with Crippen LogP contribution in [0.25, 0.3) is 0 Å². The second-order valence-corrected chi connectivity index (χ2v) is 8.95. The van der Waals surface area contributed by atoms with Crippen molar-refractivity contribution in [1.29, 1.82) is 0 Å². The lowest BCUT2D eigenvalue weighted by molar-refractivity contribution is -0.135. The second-order valence-electron chi connectivity index (χ2n) is 7.64. The van der Waals surface area contributed by atoms with Crippen LogP contribution in [-0.4, -0.2) is 31.6 Å². The molecule has 4 nitrogen and oxygen atoms in total. The highest BCUT2D eigenvalue weighted by Gasteiger charge is 2.30. The number of hydrogen-bond donors (Lipinski definition) is 0. The van der Waals surface area contributed by atoms with Crippen molar-refractivity contribution in [2.24, 2.45) is 0 Å². The molecule has 0 aliphatic heterocycles. The zero-order valence-corrected chi connectivity index (χ0v) is 17.6. The number of carbonyl (C=O) groups excluding carboxylic acids is 1. The molecule has 0 saturated heterocycles. The van der Waals surface area contributed by atoms with Crippen LogP contribution in [0.3, 0.4) is 0 Å². The Morgan fingerprint density at radius 3 is 2.12 bits per heavy atom. The molecule has 140 valence electrons. The normalized spacial score (nSPS) is 12.7. The summed E-state index contributed by atoms with van der Waals surface area (Å²) in [4.78, 5) is 24.2. The van der Waals surface area contributed by atoms with E-state index in [1.807, 2.05) is 50.8 Å². The van der Waals surface area contributed by atoms with Gasteiger partial charge in [0.1, 0.15) is 0 Å². The zero-order chi connectivity index (χ0) is 19.5. The Bertz CT molecular complexity index is 746. The Morgan fingerprint density at radius 2 is 1.62 bits per heavy atom. The summed E-state index contributed by atoms with van der Waals surface area (Å²) in [5.41, 5.74) is 3.91. The molecule has 0 fully saturated rings. The summed E-state index contributed by atoms with van der Waals surface area (Å²) in [5, 5.41) is 0.416. The molecule has 1 aromatic heterocycles. The molecule has 2 aromatic rings. The van der Waals surface area contributed by atoms with Gasteiger partial charge >= 0.3 is 0 Å². The lowest BCUT2D eigenvalue weighted by Crippen LogP contribution is -2.48. The van der Waals surface area contributed by atoms with Crippen LogP contribution in [-0.2, 0) is 11.3 Å². The number of rotatable bonds is 5. The molecule has 5 heteroatoms. The Kier molecular flexibility index (Phi) is 6.45. The number of carbonyl (C=O) groups is 1. The van der Waals surface area contributed by atoms with E-state index in [1.54, 1.807) is 0 Å². The molecule has 26 heavy (non-hydrogen) atoms. The first-order chi connectivity index (χ1) is 12.1. The van der Waals surface area contributed by atoms with Crippen molar-refractivity contribution >= 4 is 17.7 Å². The van der Waals surface area contributed by atoms with E-state index >= 15 is 0 Å². The summed E-state index contributed by atoms with van der Waals surface area (Å²) in [6.45, 7) is 14.7. The molecule has 0 bridgehead atoms. The largest absolute Gasteiger partial charge is 0.333 e. The van der Waals surface area contributed by atoms with Crippen LogP contribution in [0.2, 0.25) is 0 Å². The molecule has 0 N–H and O–H groups in total. The van der Waals surface area contributed by atoms with E-state index < -0.39 is 0 Å². The van der Waals surface area contributed by atoms with Gasteiger partial charge < -0.3 is 4.90 Å². The fourth-order valence-electron chi connectivity index (χ4n) is 2.63. The number of aryl methyl sites for hydroxylation is 2. The summed E-state index contributed by atoms with van der Waals surface area (Å²) in [5.74, 6) is 0.103. The Labute approximate surface area is 161 Å². The van der Waals surface area contributed by atoms with Gasteiger partial charge in [-0.3, -0.25) is 4.79 Å². The van der Waals surface area contributed by atoms with E-state index in [0.29, 0.717) is 11.7 Å². The molecular weight excluding hydrogens is 342 g/mol. The van der Waals surface area contributed by atoms with Gasteiger partial charge in [-0.1, -0.05) is 42.1 Å². The maximum atomic E-state index is 13.2. The van der Waals surface area contributed by atoms with Gasteiger partial charge in [0.15, 0.2) is 5.16 Å². The first-order valence-electron chi connectivity index (χ1n) is 8.93. The number of hydrogen-bond acceptors (Lipinski definition) is 4. The van der Waals surface area contributed by atoms with Gasteiger partial charge in [0.2, 0.25) is 5.91 Å². The van der Waals surface area contributed by atoms with Crippen molar-refractivity contribution in [1.82, 2.24) is 14.9 Å². The van der Waals surface area contributed by atoms with Crippen molar-refractivity contribution in [2.75, 3.05) is 0 Å². The minimum absolute atomic E-state index is 0.103. The fourth-order valence-corrected chi connectivity index (χ4v) is 3.56. The van der Waals surface area contributed by atoms with E-state index in [-0.39, 0.29) is 16.7 Å². The maximum Gasteiger partial charge on any atom is 0.236 e. The van der Waals surface area contributed by atoms with Crippen molar-refractivity contribution in [2.45, 2.75) is 71.0 Å². The quantitative estimate of drug-likeness (QED) is 0.564. The molecule has 0 aliphatic carbocycles. The van der Waals surface area contributed by atoms with Crippen molar-refractivity contribution < 1.29 is 4.79 Å². The standard InChI is InChI=1S/C21H29N3OS/c1-14-15(2)22-20(23-16(14)3)26-17(4)19(25)24(21(5,6)7)13-18-11-9-8-10-12-18/h8-12,17H,13H2,1-7H3/t17-/m0/s1. The van der Waals surface area contributed by atoms with Crippen molar-refractivity contribution in [3.05, 3.63) is 52.8 Å². The van der Waals surface area contributed by atoms with Gasteiger partial charge in [-0.25, -0.2) is 9.97 Å². The summed E-state index contributed by atoms with van der Waals surface area (Å²) in [7, 11) is 0. The molecule has 2 rings (SSSR count). The zero-order valence-electron chi connectivity index (χ0n) is 16.8. The van der Waals surface area contributed by atoms with Crippen LogP contribution in [0.1, 0.15) is 50.2 Å².